The quantitative estimate of drug-likeness (QED) is 0.869. The molecule has 0 spiro atoms. The van der Waals surface area contributed by atoms with E-state index in [4.69, 9.17) is 0 Å². The highest BCUT2D eigenvalue weighted by Crippen LogP contribution is 2.25. The maximum absolute atomic E-state index is 4.59. The van der Waals surface area contributed by atoms with E-state index < -0.39 is 0 Å². The van der Waals surface area contributed by atoms with E-state index in [1.165, 1.54) is 32.5 Å². The Bertz CT molecular complexity index is 545. The van der Waals surface area contributed by atoms with Gasteiger partial charge in [-0.3, -0.25) is 9.30 Å². The lowest BCUT2D eigenvalue weighted by atomic mass is 9.93. The highest BCUT2D eigenvalue weighted by Gasteiger charge is 2.32. The first-order valence-electron chi connectivity index (χ1n) is 7.13. The number of imidazole rings is 1. The molecule has 0 aromatic carbocycles. The lowest BCUT2D eigenvalue weighted by Crippen LogP contribution is -2.43. The molecule has 4 heterocycles. The van der Waals surface area contributed by atoms with Crippen LogP contribution in [0.4, 0.5) is 0 Å². The minimum atomic E-state index is 0.763. The smallest absolute Gasteiger partial charge is 0.233 e. The van der Waals surface area contributed by atoms with Crippen molar-refractivity contribution in [1.82, 2.24) is 24.6 Å². The average molecular weight is 257 g/mol. The van der Waals surface area contributed by atoms with Crippen LogP contribution in [0.3, 0.4) is 0 Å². The van der Waals surface area contributed by atoms with E-state index in [2.05, 4.69) is 26.4 Å². The van der Waals surface area contributed by atoms with Crippen molar-refractivity contribution in [1.29, 1.82) is 0 Å². The molecule has 100 valence electrons. The zero-order chi connectivity index (χ0) is 12.7. The van der Waals surface area contributed by atoms with Crippen molar-refractivity contribution in [2.75, 3.05) is 19.6 Å². The van der Waals surface area contributed by atoms with Gasteiger partial charge < -0.3 is 5.32 Å². The molecule has 2 aromatic rings. The largest absolute Gasteiger partial charge is 0.314 e. The summed E-state index contributed by atoms with van der Waals surface area (Å²) in [6, 6.07) is 2.70. The van der Waals surface area contributed by atoms with Crippen LogP contribution in [0.15, 0.2) is 24.7 Å². The number of hydrogen-bond donors (Lipinski definition) is 1. The molecule has 2 aliphatic heterocycles. The second-order valence-electron chi connectivity index (χ2n) is 5.69. The van der Waals surface area contributed by atoms with Crippen LogP contribution in [0.25, 0.3) is 5.78 Å². The molecule has 0 bridgehead atoms. The lowest BCUT2D eigenvalue weighted by Gasteiger charge is -2.34. The third kappa shape index (κ3) is 2.13. The number of piperidine rings is 1. The SMILES string of the molecule is c1cnc2nc(CN3CCC4NCCC4C3)cn2c1. The third-order valence-electron chi connectivity index (χ3n) is 4.41. The summed E-state index contributed by atoms with van der Waals surface area (Å²) in [6.45, 7) is 4.53. The van der Waals surface area contributed by atoms with Crippen LogP contribution in [0.5, 0.6) is 0 Å². The Hall–Kier alpha value is -1.46. The monoisotopic (exact) mass is 257 g/mol. The van der Waals surface area contributed by atoms with Crippen LogP contribution in [0, 0.1) is 5.92 Å². The van der Waals surface area contributed by atoms with Crippen molar-refractivity contribution in [3.05, 3.63) is 30.4 Å². The number of rotatable bonds is 2. The van der Waals surface area contributed by atoms with Crippen molar-refractivity contribution in [3.63, 3.8) is 0 Å². The number of nitrogens with zero attached hydrogens (tertiary/aromatic N) is 4. The fraction of sp³-hybridized carbons (Fsp3) is 0.571. The first-order valence-corrected chi connectivity index (χ1v) is 7.13. The molecule has 2 aromatic heterocycles. The molecule has 2 unspecified atom stereocenters. The van der Waals surface area contributed by atoms with Gasteiger partial charge in [0.15, 0.2) is 0 Å². The van der Waals surface area contributed by atoms with Crippen molar-refractivity contribution in [2.45, 2.75) is 25.4 Å². The van der Waals surface area contributed by atoms with Crippen LogP contribution in [-0.4, -0.2) is 44.9 Å². The lowest BCUT2D eigenvalue weighted by molar-refractivity contribution is 0.154. The van der Waals surface area contributed by atoms with Gasteiger partial charge in [0.2, 0.25) is 5.78 Å². The summed E-state index contributed by atoms with van der Waals surface area (Å²) < 4.78 is 2.00. The van der Waals surface area contributed by atoms with Crippen LogP contribution < -0.4 is 5.32 Å². The van der Waals surface area contributed by atoms with Crippen LogP contribution in [-0.2, 0) is 6.54 Å². The highest BCUT2D eigenvalue weighted by atomic mass is 15.2. The molecule has 5 nitrogen and oxygen atoms in total. The molecule has 0 saturated carbocycles. The Morgan fingerprint density at radius 2 is 2.37 bits per heavy atom. The van der Waals surface area contributed by atoms with Gasteiger partial charge in [-0.05, 0) is 31.4 Å². The van der Waals surface area contributed by atoms with E-state index in [1.807, 2.05) is 16.7 Å². The van der Waals surface area contributed by atoms with E-state index in [9.17, 15) is 0 Å². The molecule has 0 amide bonds. The van der Waals surface area contributed by atoms with Crippen LogP contribution >= 0.6 is 0 Å². The Balaban J connectivity index is 1.48. The highest BCUT2D eigenvalue weighted by molar-refractivity contribution is 5.29. The number of fused-ring (bicyclic) bond motifs is 2. The molecule has 1 N–H and O–H groups in total. The number of aromatic nitrogens is 3. The summed E-state index contributed by atoms with van der Waals surface area (Å²) in [4.78, 5) is 11.4. The molecule has 4 rings (SSSR count). The topological polar surface area (TPSA) is 45.5 Å². The molecule has 19 heavy (non-hydrogen) atoms. The second kappa shape index (κ2) is 4.58. The molecule has 2 atom stereocenters. The molecular weight excluding hydrogens is 238 g/mol. The van der Waals surface area contributed by atoms with Gasteiger partial charge >= 0.3 is 0 Å². The number of nitrogens with one attached hydrogen (secondary N) is 1. The molecule has 2 saturated heterocycles. The normalized spacial score (nSPS) is 27.8. The maximum Gasteiger partial charge on any atom is 0.233 e. The number of hydrogen-bond acceptors (Lipinski definition) is 4. The molecule has 0 radical (unpaired) electrons. The zero-order valence-corrected chi connectivity index (χ0v) is 11.0. The van der Waals surface area contributed by atoms with E-state index in [0.29, 0.717) is 0 Å². The Labute approximate surface area is 112 Å². The van der Waals surface area contributed by atoms with Gasteiger partial charge in [0.05, 0.1) is 5.69 Å². The van der Waals surface area contributed by atoms with Gasteiger partial charge in [0, 0.05) is 44.3 Å². The third-order valence-corrected chi connectivity index (χ3v) is 4.41. The molecule has 0 aliphatic carbocycles. The number of likely N-dealkylation sites (tertiary alicyclic amines) is 1. The van der Waals surface area contributed by atoms with E-state index in [-0.39, 0.29) is 0 Å². The van der Waals surface area contributed by atoms with Crippen molar-refractivity contribution >= 4 is 5.78 Å². The second-order valence-corrected chi connectivity index (χ2v) is 5.69. The van der Waals surface area contributed by atoms with Gasteiger partial charge in [-0.2, -0.15) is 0 Å². The standard InChI is InChI=1S/C14H19N5/c1-4-16-14-17-12(10-19(14)6-1)9-18-7-3-13-11(8-18)2-5-15-13/h1,4,6,10-11,13,15H,2-3,5,7-9H2. The van der Waals surface area contributed by atoms with Crippen LogP contribution in [0.1, 0.15) is 18.5 Å². The fourth-order valence-electron chi connectivity index (χ4n) is 3.45. The predicted molar refractivity (Wildman–Crippen MR) is 72.8 cm³/mol. The Morgan fingerprint density at radius 3 is 3.32 bits per heavy atom. The first kappa shape index (κ1) is 11.4. The Kier molecular flexibility index (Phi) is 2.74. The van der Waals surface area contributed by atoms with Gasteiger partial charge in [-0.25, -0.2) is 9.97 Å². The van der Waals surface area contributed by atoms with Crippen LogP contribution in [0.2, 0.25) is 0 Å². The molecular formula is C14H19N5. The van der Waals surface area contributed by atoms with E-state index in [1.54, 1.807) is 6.20 Å². The Morgan fingerprint density at radius 1 is 1.37 bits per heavy atom. The first-order chi connectivity index (χ1) is 9.38. The van der Waals surface area contributed by atoms with Gasteiger partial charge in [0.25, 0.3) is 0 Å². The molecule has 2 aliphatic rings. The zero-order valence-electron chi connectivity index (χ0n) is 11.0. The average Bonchev–Trinajstić information content (AvgIpc) is 3.03. The predicted octanol–water partition coefficient (Wildman–Crippen LogP) is 0.913. The maximum atomic E-state index is 4.59. The van der Waals surface area contributed by atoms with Gasteiger partial charge in [0.1, 0.15) is 0 Å². The van der Waals surface area contributed by atoms with Crippen molar-refractivity contribution < 1.29 is 0 Å². The van der Waals surface area contributed by atoms with Crippen molar-refractivity contribution in [2.24, 2.45) is 5.92 Å². The summed E-state index contributed by atoms with van der Waals surface area (Å²) in [5, 5.41) is 3.61. The van der Waals surface area contributed by atoms with Crippen molar-refractivity contribution in [3.8, 4) is 0 Å². The fourth-order valence-corrected chi connectivity index (χ4v) is 3.45. The summed E-state index contributed by atoms with van der Waals surface area (Å²) in [6.07, 6.45) is 8.50. The summed E-state index contributed by atoms with van der Waals surface area (Å²) in [5.74, 6) is 1.64. The minimum absolute atomic E-state index is 0.763. The van der Waals surface area contributed by atoms with Gasteiger partial charge in [-0.15, -0.1) is 0 Å². The minimum Gasteiger partial charge on any atom is -0.314 e. The summed E-state index contributed by atoms with van der Waals surface area (Å²) in [5.41, 5.74) is 1.13. The van der Waals surface area contributed by atoms with E-state index >= 15 is 0 Å². The molecule has 5 heteroatoms. The molecule has 2 fully saturated rings. The van der Waals surface area contributed by atoms with Gasteiger partial charge in [-0.1, -0.05) is 0 Å². The summed E-state index contributed by atoms with van der Waals surface area (Å²) >= 11 is 0. The van der Waals surface area contributed by atoms with E-state index in [0.717, 1.165) is 30.0 Å². The summed E-state index contributed by atoms with van der Waals surface area (Å²) in [7, 11) is 0.